The lowest BCUT2D eigenvalue weighted by Crippen LogP contribution is -2.42. The zero-order valence-electron chi connectivity index (χ0n) is 12.9. The molecule has 2 N–H and O–H groups in total. The number of hydrogen-bond donors (Lipinski definition) is 2. The molecule has 0 aliphatic heterocycles. The molecule has 0 amide bonds. The fourth-order valence-electron chi connectivity index (χ4n) is 3.05. The average molecular weight is 311 g/mol. The summed E-state index contributed by atoms with van der Waals surface area (Å²) in [4.78, 5) is 0.228. The summed E-state index contributed by atoms with van der Waals surface area (Å²) in [5.74, 6) is 1.02. The van der Waals surface area contributed by atoms with Crippen molar-refractivity contribution in [2.24, 2.45) is 11.8 Å². The van der Waals surface area contributed by atoms with Crippen molar-refractivity contribution in [3.63, 3.8) is 0 Å². The summed E-state index contributed by atoms with van der Waals surface area (Å²) in [5, 5.41) is 9.59. The lowest BCUT2D eigenvalue weighted by molar-refractivity contribution is 0.199. The second-order valence-corrected chi connectivity index (χ2v) is 8.09. The highest BCUT2D eigenvalue weighted by Gasteiger charge is 2.29. The zero-order valence-corrected chi connectivity index (χ0v) is 13.7. The Kier molecular flexibility index (Phi) is 5.07. The maximum Gasteiger partial charge on any atom is 0.240 e. The number of aliphatic hydroxyl groups is 1. The Morgan fingerprint density at radius 3 is 2.62 bits per heavy atom. The number of nitrogens with one attached hydrogen (secondary N) is 1. The van der Waals surface area contributed by atoms with Crippen molar-refractivity contribution in [2.75, 3.05) is 0 Å². The van der Waals surface area contributed by atoms with E-state index in [2.05, 4.69) is 18.6 Å². The van der Waals surface area contributed by atoms with Crippen molar-refractivity contribution < 1.29 is 13.5 Å². The Balaban J connectivity index is 2.17. The number of benzene rings is 1. The minimum absolute atomic E-state index is 0.00130. The van der Waals surface area contributed by atoms with Gasteiger partial charge in [-0.15, -0.1) is 0 Å². The lowest BCUT2D eigenvalue weighted by atomic mass is 9.80. The number of hydrogen-bond acceptors (Lipinski definition) is 3. The van der Waals surface area contributed by atoms with Crippen LogP contribution in [0.4, 0.5) is 0 Å². The summed E-state index contributed by atoms with van der Waals surface area (Å²) < 4.78 is 27.9. The lowest BCUT2D eigenvalue weighted by Gasteiger charge is -2.32. The van der Waals surface area contributed by atoms with Crippen molar-refractivity contribution >= 4 is 10.0 Å². The molecule has 1 aromatic rings. The molecule has 4 unspecified atom stereocenters. The molecule has 4 nitrogen and oxygen atoms in total. The number of aliphatic hydroxyl groups excluding tert-OH is 1. The fourth-order valence-corrected chi connectivity index (χ4v) is 4.48. The minimum atomic E-state index is -3.53. The molecular formula is C16H25NO3S. The molecule has 0 saturated heterocycles. The van der Waals surface area contributed by atoms with Gasteiger partial charge in [0.1, 0.15) is 0 Å². The summed E-state index contributed by atoms with van der Waals surface area (Å²) in [5.41, 5.74) is 0.614. The van der Waals surface area contributed by atoms with Crippen LogP contribution in [-0.2, 0) is 10.0 Å². The van der Waals surface area contributed by atoms with Gasteiger partial charge in [-0.2, -0.15) is 0 Å². The highest BCUT2D eigenvalue weighted by molar-refractivity contribution is 7.89. The van der Waals surface area contributed by atoms with Crippen LogP contribution in [0.2, 0.25) is 0 Å². The van der Waals surface area contributed by atoms with Gasteiger partial charge in [-0.05, 0) is 55.7 Å². The van der Waals surface area contributed by atoms with Crippen molar-refractivity contribution in [1.82, 2.24) is 4.72 Å². The Morgan fingerprint density at radius 2 is 2.00 bits per heavy atom. The van der Waals surface area contributed by atoms with Gasteiger partial charge in [0.2, 0.25) is 10.0 Å². The second kappa shape index (κ2) is 6.46. The average Bonchev–Trinajstić information content (AvgIpc) is 2.42. The summed E-state index contributed by atoms with van der Waals surface area (Å²) >= 11 is 0. The molecule has 0 bridgehead atoms. The van der Waals surface area contributed by atoms with E-state index in [0.717, 1.165) is 19.3 Å². The molecule has 1 saturated carbocycles. The SMILES string of the molecule is CC1CCC(NS(=O)(=O)c2cccc(C(C)O)c2)C(C)C1. The molecule has 1 aliphatic carbocycles. The Labute approximate surface area is 127 Å². The van der Waals surface area contributed by atoms with Crippen LogP contribution in [-0.4, -0.2) is 19.6 Å². The fraction of sp³-hybridized carbons (Fsp3) is 0.625. The van der Waals surface area contributed by atoms with Gasteiger partial charge < -0.3 is 5.11 Å². The van der Waals surface area contributed by atoms with Crippen LogP contribution in [0.1, 0.15) is 51.7 Å². The quantitative estimate of drug-likeness (QED) is 0.898. The molecule has 0 radical (unpaired) electrons. The normalized spacial score (nSPS) is 28.3. The van der Waals surface area contributed by atoms with Gasteiger partial charge in [-0.3, -0.25) is 0 Å². The van der Waals surface area contributed by atoms with Gasteiger partial charge >= 0.3 is 0 Å². The monoisotopic (exact) mass is 311 g/mol. The van der Waals surface area contributed by atoms with Gasteiger partial charge in [0.25, 0.3) is 0 Å². The third-order valence-electron chi connectivity index (χ3n) is 4.39. The molecular weight excluding hydrogens is 286 g/mol. The minimum Gasteiger partial charge on any atom is -0.389 e. The highest BCUT2D eigenvalue weighted by atomic mass is 32.2. The van der Waals surface area contributed by atoms with Crippen LogP contribution in [0.15, 0.2) is 29.2 Å². The van der Waals surface area contributed by atoms with Crippen LogP contribution in [0.3, 0.4) is 0 Å². The van der Waals surface area contributed by atoms with Gasteiger partial charge in [-0.25, -0.2) is 13.1 Å². The largest absolute Gasteiger partial charge is 0.389 e. The summed E-state index contributed by atoms with van der Waals surface area (Å²) in [7, 11) is -3.53. The maximum absolute atomic E-state index is 12.5. The third-order valence-corrected chi connectivity index (χ3v) is 5.88. The van der Waals surface area contributed by atoms with Crippen molar-refractivity contribution in [1.29, 1.82) is 0 Å². The van der Waals surface area contributed by atoms with Crippen molar-refractivity contribution in [2.45, 2.75) is 57.1 Å². The van der Waals surface area contributed by atoms with Crippen LogP contribution < -0.4 is 4.72 Å². The molecule has 1 fully saturated rings. The topological polar surface area (TPSA) is 66.4 Å². The zero-order chi connectivity index (χ0) is 15.6. The first-order valence-electron chi connectivity index (χ1n) is 7.60. The van der Waals surface area contributed by atoms with Crippen LogP contribution in [0.25, 0.3) is 0 Å². The van der Waals surface area contributed by atoms with E-state index < -0.39 is 16.1 Å². The van der Waals surface area contributed by atoms with E-state index in [4.69, 9.17) is 0 Å². The first-order chi connectivity index (χ1) is 9.79. The molecule has 5 heteroatoms. The smallest absolute Gasteiger partial charge is 0.240 e. The van der Waals surface area contributed by atoms with Gasteiger partial charge in [0.15, 0.2) is 0 Å². The predicted molar refractivity (Wildman–Crippen MR) is 83.4 cm³/mol. The Morgan fingerprint density at radius 1 is 1.29 bits per heavy atom. The maximum atomic E-state index is 12.5. The number of rotatable bonds is 4. The molecule has 0 spiro atoms. The summed E-state index contributed by atoms with van der Waals surface area (Å²) in [6.07, 6.45) is 2.33. The molecule has 0 aromatic heterocycles. The van der Waals surface area contributed by atoms with E-state index in [9.17, 15) is 13.5 Å². The molecule has 118 valence electrons. The first kappa shape index (κ1) is 16.5. The highest BCUT2D eigenvalue weighted by Crippen LogP contribution is 2.29. The second-order valence-electron chi connectivity index (χ2n) is 6.37. The van der Waals surface area contributed by atoms with Gasteiger partial charge in [-0.1, -0.05) is 26.0 Å². The first-order valence-corrected chi connectivity index (χ1v) is 9.08. The van der Waals surface area contributed by atoms with E-state index in [0.29, 0.717) is 17.4 Å². The van der Waals surface area contributed by atoms with E-state index in [1.54, 1.807) is 31.2 Å². The standard InChI is InChI=1S/C16H25NO3S/c1-11-7-8-16(12(2)9-11)17-21(19,20)15-6-4-5-14(10-15)13(3)18/h4-6,10-13,16-18H,7-9H2,1-3H3. The third kappa shape index (κ3) is 4.05. The molecule has 0 heterocycles. The van der Waals surface area contributed by atoms with Gasteiger partial charge in [0.05, 0.1) is 11.0 Å². The molecule has 2 rings (SSSR count). The van der Waals surface area contributed by atoms with E-state index in [-0.39, 0.29) is 10.9 Å². The van der Waals surface area contributed by atoms with E-state index >= 15 is 0 Å². The number of sulfonamides is 1. The van der Waals surface area contributed by atoms with Gasteiger partial charge in [0, 0.05) is 6.04 Å². The van der Waals surface area contributed by atoms with Crippen LogP contribution in [0.5, 0.6) is 0 Å². The van der Waals surface area contributed by atoms with Crippen molar-refractivity contribution in [3.8, 4) is 0 Å². The summed E-state index contributed by atoms with van der Waals surface area (Å²) in [6, 6.07) is 6.52. The molecule has 1 aromatic carbocycles. The van der Waals surface area contributed by atoms with Crippen LogP contribution >= 0.6 is 0 Å². The van der Waals surface area contributed by atoms with Crippen molar-refractivity contribution in [3.05, 3.63) is 29.8 Å². The van der Waals surface area contributed by atoms with E-state index in [1.807, 2.05) is 0 Å². The summed E-state index contributed by atoms with van der Waals surface area (Å²) in [6.45, 7) is 5.95. The molecule has 4 atom stereocenters. The molecule has 1 aliphatic rings. The molecule has 21 heavy (non-hydrogen) atoms. The Hall–Kier alpha value is -0.910. The Bertz CT molecular complexity index is 583. The van der Waals surface area contributed by atoms with Crippen LogP contribution in [0, 0.1) is 11.8 Å². The predicted octanol–water partition coefficient (Wildman–Crippen LogP) is 2.84. The van der Waals surface area contributed by atoms with E-state index in [1.165, 1.54) is 0 Å².